The van der Waals surface area contributed by atoms with Gasteiger partial charge >= 0.3 is 6.03 Å². The van der Waals surface area contributed by atoms with Gasteiger partial charge in [0.2, 0.25) is 5.91 Å². The quantitative estimate of drug-likeness (QED) is 0.392. The van der Waals surface area contributed by atoms with Crippen LogP contribution in [-0.4, -0.2) is 42.5 Å². The van der Waals surface area contributed by atoms with E-state index in [2.05, 4.69) is 5.32 Å². The highest BCUT2D eigenvalue weighted by molar-refractivity contribution is 6.22. The molecular formula is C28H28FN3O5. The molecule has 0 spiro atoms. The third-order valence-electron chi connectivity index (χ3n) is 5.88. The molecule has 8 nitrogen and oxygen atoms in total. The smallest absolute Gasteiger partial charge is 0.332 e. The maximum atomic E-state index is 13.5. The van der Waals surface area contributed by atoms with Crippen LogP contribution in [0.5, 0.6) is 11.5 Å². The Kier molecular flexibility index (Phi) is 8.02. The summed E-state index contributed by atoms with van der Waals surface area (Å²) >= 11 is 0. The van der Waals surface area contributed by atoms with Crippen LogP contribution in [0.25, 0.3) is 0 Å². The van der Waals surface area contributed by atoms with Crippen molar-refractivity contribution < 1.29 is 28.2 Å². The Morgan fingerprint density at radius 1 is 1.00 bits per heavy atom. The number of ether oxygens (including phenoxy) is 2. The molecule has 1 atom stereocenters. The van der Waals surface area contributed by atoms with Crippen LogP contribution in [0.2, 0.25) is 0 Å². The Bertz CT molecular complexity index is 1260. The minimum atomic E-state index is -1.05. The number of nitrogens with one attached hydrogen (secondary N) is 1. The Morgan fingerprint density at radius 2 is 1.73 bits per heavy atom. The topological polar surface area (TPSA) is 88.2 Å². The molecule has 3 aromatic carbocycles. The molecule has 4 amide bonds. The van der Waals surface area contributed by atoms with Crippen LogP contribution in [0, 0.1) is 5.82 Å². The molecule has 1 aliphatic rings. The van der Waals surface area contributed by atoms with E-state index in [-0.39, 0.29) is 18.7 Å². The summed E-state index contributed by atoms with van der Waals surface area (Å²) < 4.78 is 24.3. The SMILES string of the molecule is CCCOc1ccc(NC(=O)CC2C(=O)N(c3ccc(F)cc3)C(=O)N2Cc2cccc(OC)c2)cc1. The van der Waals surface area contributed by atoms with Gasteiger partial charge in [-0.05, 0) is 72.6 Å². The van der Waals surface area contributed by atoms with E-state index < -0.39 is 29.7 Å². The number of carbonyl (C=O) groups is 3. The number of anilines is 2. The predicted octanol–water partition coefficient (Wildman–Crippen LogP) is 4.99. The fourth-order valence-corrected chi connectivity index (χ4v) is 4.05. The van der Waals surface area contributed by atoms with E-state index in [0.717, 1.165) is 16.9 Å². The molecule has 192 valence electrons. The number of rotatable bonds is 10. The van der Waals surface area contributed by atoms with Gasteiger partial charge < -0.3 is 19.7 Å². The first-order valence-corrected chi connectivity index (χ1v) is 12.0. The molecule has 0 saturated carbocycles. The minimum absolute atomic E-state index is 0.0842. The average Bonchev–Trinajstić information content (AvgIpc) is 3.12. The van der Waals surface area contributed by atoms with Gasteiger partial charge in [0.1, 0.15) is 23.4 Å². The number of hydrogen-bond donors (Lipinski definition) is 1. The van der Waals surface area contributed by atoms with Crippen molar-refractivity contribution >= 4 is 29.2 Å². The second kappa shape index (κ2) is 11.6. The highest BCUT2D eigenvalue weighted by Gasteiger charge is 2.46. The monoisotopic (exact) mass is 505 g/mol. The van der Waals surface area contributed by atoms with Crippen LogP contribution < -0.4 is 19.7 Å². The molecule has 1 saturated heterocycles. The van der Waals surface area contributed by atoms with Crippen LogP contribution in [0.1, 0.15) is 25.3 Å². The van der Waals surface area contributed by atoms with Gasteiger partial charge in [0, 0.05) is 12.2 Å². The molecule has 1 aliphatic heterocycles. The second-order valence-electron chi connectivity index (χ2n) is 8.55. The molecule has 0 aliphatic carbocycles. The van der Waals surface area contributed by atoms with Crippen molar-refractivity contribution in [2.75, 3.05) is 23.9 Å². The predicted molar refractivity (Wildman–Crippen MR) is 137 cm³/mol. The molecule has 1 unspecified atom stereocenters. The molecule has 0 aromatic heterocycles. The Morgan fingerprint density at radius 3 is 2.41 bits per heavy atom. The van der Waals surface area contributed by atoms with Crippen LogP contribution in [0.15, 0.2) is 72.8 Å². The summed E-state index contributed by atoms with van der Waals surface area (Å²) in [7, 11) is 1.54. The van der Waals surface area contributed by atoms with Crippen LogP contribution in [0.4, 0.5) is 20.6 Å². The Labute approximate surface area is 214 Å². The van der Waals surface area contributed by atoms with E-state index in [4.69, 9.17) is 9.47 Å². The summed E-state index contributed by atoms with van der Waals surface area (Å²) in [6.45, 7) is 2.69. The number of methoxy groups -OCH3 is 1. The Balaban J connectivity index is 1.55. The zero-order valence-electron chi connectivity index (χ0n) is 20.6. The molecule has 9 heteroatoms. The number of imide groups is 1. The number of halogens is 1. The molecule has 0 bridgehead atoms. The van der Waals surface area contributed by atoms with Crippen LogP contribution >= 0.6 is 0 Å². The lowest BCUT2D eigenvalue weighted by atomic mass is 10.1. The molecular weight excluding hydrogens is 477 g/mol. The molecule has 1 heterocycles. The lowest BCUT2D eigenvalue weighted by Gasteiger charge is -2.22. The highest BCUT2D eigenvalue weighted by Crippen LogP contribution is 2.29. The zero-order chi connectivity index (χ0) is 26.4. The third kappa shape index (κ3) is 6.06. The lowest BCUT2D eigenvalue weighted by molar-refractivity contribution is -0.124. The summed E-state index contributed by atoms with van der Waals surface area (Å²) in [6, 6.07) is 17.5. The molecule has 4 rings (SSSR count). The summed E-state index contributed by atoms with van der Waals surface area (Å²) in [6.07, 6.45) is 0.633. The largest absolute Gasteiger partial charge is 0.497 e. The number of hydrogen-bond acceptors (Lipinski definition) is 5. The normalized spacial score (nSPS) is 15.2. The van der Waals surface area contributed by atoms with Gasteiger partial charge in [-0.15, -0.1) is 0 Å². The molecule has 1 fully saturated rings. The molecule has 0 radical (unpaired) electrons. The van der Waals surface area contributed by atoms with Gasteiger partial charge in [0.05, 0.1) is 25.8 Å². The number of amides is 4. The zero-order valence-corrected chi connectivity index (χ0v) is 20.6. The first-order chi connectivity index (χ1) is 17.9. The molecule has 37 heavy (non-hydrogen) atoms. The van der Waals surface area contributed by atoms with Crippen molar-refractivity contribution in [1.82, 2.24) is 4.90 Å². The van der Waals surface area contributed by atoms with E-state index >= 15 is 0 Å². The standard InChI is InChI=1S/C28H28FN3O5/c1-3-15-37-23-13-9-21(10-14-23)30-26(33)17-25-27(34)32(22-11-7-20(29)8-12-22)28(35)31(25)18-19-5-4-6-24(16-19)36-2/h4-14,16,25H,3,15,17-18H2,1-2H3,(H,30,33). The van der Waals surface area contributed by atoms with E-state index in [0.29, 0.717) is 23.8 Å². The molecule has 3 aromatic rings. The van der Waals surface area contributed by atoms with Gasteiger partial charge in [-0.3, -0.25) is 9.59 Å². The van der Waals surface area contributed by atoms with E-state index in [1.807, 2.05) is 6.92 Å². The van der Waals surface area contributed by atoms with Crippen LogP contribution in [0.3, 0.4) is 0 Å². The number of nitrogens with zero attached hydrogens (tertiary/aromatic N) is 2. The number of carbonyl (C=O) groups excluding carboxylic acids is 3. The second-order valence-corrected chi connectivity index (χ2v) is 8.55. The third-order valence-corrected chi connectivity index (χ3v) is 5.88. The highest BCUT2D eigenvalue weighted by atomic mass is 19.1. The summed E-state index contributed by atoms with van der Waals surface area (Å²) in [5, 5.41) is 2.78. The van der Waals surface area contributed by atoms with Crippen LogP contribution in [-0.2, 0) is 16.1 Å². The van der Waals surface area contributed by atoms with Gasteiger partial charge in [-0.25, -0.2) is 14.1 Å². The van der Waals surface area contributed by atoms with E-state index in [9.17, 15) is 18.8 Å². The maximum Gasteiger partial charge on any atom is 0.332 e. The van der Waals surface area contributed by atoms with Crippen molar-refractivity contribution in [3.63, 3.8) is 0 Å². The van der Waals surface area contributed by atoms with Gasteiger partial charge in [0.15, 0.2) is 0 Å². The first-order valence-electron chi connectivity index (χ1n) is 12.0. The van der Waals surface area contributed by atoms with Gasteiger partial charge in [0.25, 0.3) is 5.91 Å². The molecule has 1 N–H and O–H groups in total. The summed E-state index contributed by atoms with van der Waals surface area (Å²) in [4.78, 5) is 42.1. The fraction of sp³-hybridized carbons (Fsp3) is 0.250. The van der Waals surface area contributed by atoms with Crippen molar-refractivity contribution in [2.45, 2.75) is 32.4 Å². The Hall–Kier alpha value is -4.40. The fourth-order valence-electron chi connectivity index (χ4n) is 4.05. The summed E-state index contributed by atoms with van der Waals surface area (Å²) in [5.74, 6) is -0.177. The minimum Gasteiger partial charge on any atom is -0.497 e. The number of benzene rings is 3. The van der Waals surface area contributed by atoms with Crippen molar-refractivity contribution in [3.8, 4) is 11.5 Å². The van der Waals surface area contributed by atoms with E-state index in [1.54, 1.807) is 48.5 Å². The summed E-state index contributed by atoms with van der Waals surface area (Å²) in [5.41, 5.74) is 1.51. The van der Waals surface area contributed by atoms with E-state index in [1.165, 1.54) is 36.3 Å². The number of urea groups is 1. The van der Waals surface area contributed by atoms with Crippen molar-refractivity contribution in [2.24, 2.45) is 0 Å². The first kappa shape index (κ1) is 25.7. The lowest BCUT2D eigenvalue weighted by Crippen LogP contribution is -2.37. The average molecular weight is 506 g/mol. The van der Waals surface area contributed by atoms with Gasteiger partial charge in [-0.1, -0.05) is 19.1 Å². The van der Waals surface area contributed by atoms with Crippen molar-refractivity contribution in [3.05, 3.63) is 84.2 Å². The van der Waals surface area contributed by atoms with Crippen molar-refractivity contribution in [1.29, 1.82) is 0 Å². The van der Waals surface area contributed by atoms with Gasteiger partial charge in [-0.2, -0.15) is 0 Å². The maximum absolute atomic E-state index is 13.5.